The molecular formula is C15H21N3O. The molecule has 1 fully saturated rings. The van der Waals surface area contributed by atoms with E-state index in [0.717, 1.165) is 12.0 Å². The summed E-state index contributed by atoms with van der Waals surface area (Å²) in [4.78, 5) is 16.4. The Labute approximate surface area is 114 Å². The number of hydrogen-bond acceptors (Lipinski definition) is 2. The normalized spacial score (nSPS) is 20.7. The largest absolute Gasteiger partial charge is 0.340 e. The highest BCUT2D eigenvalue weighted by atomic mass is 16.2. The van der Waals surface area contributed by atoms with Crippen LogP contribution in [0.15, 0.2) is 29.3 Å². The molecule has 2 N–H and O–H groups in total. The summed E-state index contributed by atoms with van der Waals surface area (Å²) in [7, 11) is 0. The number of guanidine groups is 1. The number of nitrogens with zero attached hydrogens (tertiary/aromatic N) is 1. The van der Waals surface area contributed by atoms with Crippen molar-refractivity contribution >= 4 is 11.9 Å². The Morgan fingerprint density at radius 3 is 2.74 bits per heavy atom. The molecule has 102 valence electrons. The Morgan fingerprint density at radius 1 is 1.32 bits per heavy atom. The number of amides is 1. The number of aliphatic imine (C=N–C) groups is 1. The Morgan fingerprint density at radius 2 is 2.05 bits per heavy atom. The standard InChI is InChI=1S/C15H21N3O/c1-4-11-7-5-6-8-12(11)13-14(19)18-15(17-13)16-9-10(2)3/h5-8,10,13H,4,9H2,1-3H3,(H2,16,17,18,19). The number of aryl methyl sites for hydroxylation is 1. The van der Waals surface area contributed by atoms with Gasteiger partial charge in [-0.3, -0.25) is 15.1 Å². The van der Waals surface area contributed by atoms with Crippen LogP contribution in [0.1, 0.15) is 37.9 Å². The van der Waals surface area contributed by atoms with Crippen LogP contribution in [0.25, 0.3) is 0 Å². The van der Waals surface area contributed by atoms with Crippen molar-refractivity contribution in [3.8, 4) is 0 Å². The van der Waals surface area contributed by atoms with Gasteiger partial charge < -0.3 is 5.32 Å². The first-order valence-electron chi connectivity index (χ1n) is 6.81. The number of carbonyl (C=O) groups is 1. The molecule has 0 saturated carbocycles. The highest BCUT2D eigenvalue weighted by Crippen LogP contribution is 2.21. The van der Waals surface area contributed by atoms with E-state index in [1.54, 1.807) is 0 Å². The van der Waals surface area contributed by atoms with Gasteiger partial charge in [0.25, 0.3) is 5.91 Å². The quantitative estimate of drug-likeness (QED) is 0.869. The predicted molar refractivity (Wildman–Crippen MR) is 77.0 cm³/mol. The smallest absolute Gasteiger partial charge is 0.253 e. The zero-order chi connectivity index (χ0) is 13.8. The summed E-state index contributed by atoms with van der Waals surface area (Å²) in [6.07, 6.45) is 0.917. The maximum atomic E-state index is 12.0. The van der Waals surface area contributed by atoms with Crippen molar-refractivity contribution in [1.82, 2.24) is 10.6 Å². The molecule has 1 aromatic carbocycles. The fourth-order valence-electron chi connectivity index (χ4n) is 2.14. The van der Waals surface area contributed by atoms with E-state index in [4.69, 9.17) is 0 Å². The van der Waals surface area contributed by atoms with Gasteiger partial charge >= 0.3 is 0 Å². The summed E-state index contributed by atoms with van der Waals surface area (Å²) >= 11 is 0. The maximum Gasteiger partial charge on any atom is 0.253 e. The lowest BCUT2D eigenvalue weighted by atomic mass is 9.99. The second-order valence-corrected chi connectivity index (χ2v) is 5.20. The highest BCUT2D eigenvalue weighted by Gasteiger charge is 2.30. The van der Waals surface area contributed by atoms with Crippen molar-refractivity contribution in [2.45, 2.75) is 33.2 Å². The SMILES string of the molecule is CCc1ccccc1C1NC(=NCC(C)C)NC1=O. The van der Waals surface area contributed by atoms with Crippen LogP contribution in [0, 0.1) is 5.92 Å². The second-order valence-electron chi connectivity index (χ2n) is 5.20. The average Bonchev–Trinajstić information content (AvgIpc) is 2.77. The van der Waals surface area contributed by atoms with Crippen molar-refractivity contribution in [2.24, 2.45) is 10.9 Å². The molecule has 1 amide bonds. The van der Waals surface area contributed by atoms with Crippen LogP contribution in [0.3, 0.4) is 0 Å². The summed E-state index contributed by atoms with van der Waals surface area (Å²) in [5.74, 6) is 1.05. The van der Waals surface area contributed by atoms with E-state index in [2.05, 4.69) is 42.5 Å². The summed E-state index contributed by atoms with van der Waals surface area (Å²) in [5, 5.41) is 5.99. The number of rotatable bonds is 4. The minimum Gasteiger partial charge on any atom is -0.340 e. The number of nitrogens with one attached hydrogen (secondary N) is 2. The van der Waals surface area contributed by atoms with Crippen molar-refractivity contribution < 1.29 is 4.79 Å². The van der Waals surface area contributed by atoms with Crippen molar-refractivity contribution in [3.05, 3.63) is 35.4 Å². The van der Waals surface area contributed by atoms with Gasteiger partial charge in [0.05, 0.1) is 0 Å². The van der Waals surface area contributed by atoms with Gasteiger partial charge in [0, 0.05) is 6.54 Å². The minimum absolute atomic E-state index is 0.0246. The lowest BCUT2D eigenvalue weighted by Crippen LogP contribution is -2.26. The predicted octanol–water partition coefficient (Wildman–Crippen LogP) is 2.02. The van der Waals surface area contributed by atoms with E-state index in [1.165, 1.54) is 5.56 Å². The number of carbonyl (C=O) groups excluding carboxylic acids is 1. The van der Waals surface area contributed by atoms with Gasteiger partial charge in [-0.05, 0) is 23.5 Å². The number of hydrogen-bond donors (Lipinski definition) is 2. The number of benzene rings is 1. The van der Waals surface area contributed by atoms with Crippen molar-refractivity contribution in [2.75, 3.05) is 6.54 Å². The molecule has 0 radical (unpaired) electrons. The molecule has 0 aliphatic carbocycles. The lowest BCUT2D eigenvalue weighted by molar-refractivity contribution is -0.120. The molecule has 1 heterocycles. The van der Waals surface area contributed by atoms with Crippen LogP contribution in [-0.2, 0) is 11.2 Å². The van der Waals surface area contributed by atoms with Gasteiger partial charge in [-0.25, -0.2) is 0 Å². The van der Waals surface area contributed by atoms with Crippen molar-refractivity contribution in [1.29, 1.82) is 0 Å². The second kappa shape index (κ2) is 5.87. The third-order valence-electron chi connectivity index (χ3n) is 3.15. The van der Waals surface area contributed by atoms with Crippen LogP contribution in [0.2, 0.25) is 0 Å². The topological polar surface area (TPSA) is 53.5 Å². The molecule has 2 rings (SSSR count). The molecule has 1 aliphatic rings. The van der Waals surface area contributed by atoms with Gasteiger partial charge in [-0.1, -0.05) is 45.0 Å². The fraction of sp³-hybridized carbons (Fsp3) is 0.467. The van der Waals surface area contributed by atoms with Crippen LogP contribution in [0.5, 0.6) is 0 Å². The molecule has 1 unspecified atom stereocenters. The van der Waals surface area contributed by atoms with Gasteiger partial charge in [0.15, 0.2) is 5.96 Å². The molecule has 0 bridgehead atoms. The Bertz CT molecular complexity index is 494. The van der Waals surface area contributed by atoms with Gasteiger partial charge in [-0.2, -0.15) is 0 Å². The molecular weight excluding hydrogens is 238 g/mol. The molecule has 19 heavy (non-hydrogen) atoms. The van der Waals surface area contributed by atoms with E-state index in [1.807, 2.05) is 18.2 Å². The molecule has 1 saturated heterocycles. The molecule has 1 aromatic rings. The van der Waals surface area contributed by atoms with Crippen LogP contribution < -0.4 is 10.6 Å². The first kappa shape index (κ1) is 13.6. The van der Waals surface area contributed by atoms with Crippen LogP contribution >= 0.6 is 0 Å². The van der Waals surface area contributed by atoms with Gasteiger partial charge in [0.1, 0.15) is 6.04 Å². The summed E-state index contributed by atoms with van der Waals surface area (Å²) in [6, 6.07) is 7.71. The van der Waals surface area contributed by atoms with E-state index < -0.39 is 0 Å². The molecule has 4 heteroatoms. The lowest BCUT2D eigenvalue weighted by Gasteiger charge is -2.12. The summed E-state index contributed by atoms with van der Waals surface area (Å²) in [5.41, 5.74) is 2.23. The average molecular weight is 259 g/mol. The van der Waals surface area contributed by atoms with Gasteiger partial charge in [0.2, 0.25) is 0 Å². The first-order valence-corrected chi connectivity index (χ1v) is 6.81. The third kappa shape index (κ3) is 3.13. The van der Waals surface area contributed by atoms with Gasteiger partial charge in [-0.15, -0.1) is 0 Å². The summed E-state index contributed by atoms with van der Waals surface area (Å²) in [6.45, 7) is 7.01. The molecule has 0 aromatic heterocycles. The monoisotopic (exact) mass is 259 g/mol. The van der Waals surface area contributed by atoms with E-state index >= 15 is 0 Å². The molecule has 1 aliphatic heterocycles. The molecule has 0 spiro atoms. The van der Waals surface area contributed by atoms with E-state index in [-0.39, 0.29) is 11.9 Å². The third-order valence-corrected chi connectivity index (χ3v) is 3.15. The maximum absolute atomic E-state index is 12.0. The Kier molecular flexibility index (Phi) is 4.20. The Balaban J connectivity index is 2.18. The van der Waals surface area contributed by atoms with Crippen molar-refractivity contribution in [3.63, 3.8) is 0 Å². The van der Waals surface area contributed by atoms with E-state index in [0.29, 0.717) is 18.4 Å². The molecule has 4 nitrogen and oxygen atoms in total. The van der Waals surface area contributed by atoms with Crippen LogP contribution in [0.4, 0.5) is 0 Å². The zero-order valence-electron chi connectivity index (χ0n) is 11.7. The Hall–Kier alpha value is -1.84. The van der Waals surface area contributed by atoms with E-state index in [9.17, 15) is 4.79 Å². The fourth-order valence-corrected chi connectivity index (χ4v) is 2.14. The highest BCUT2D eigenvalue weighted by molar-refractivity contribution is 6.06. The zero-order valence-corrected chi connectivity index (χ0v) is 11.7. The van der Waals surface area contributed by atoms with Crippen LogP contribution in [-0.4, -0.2) is 18.4 Å². The minimum atomic E-state index is -0.318. The first-order chi connectivity index (χ1) is 9.11. The molecule has 1 atom stereocenters. The summed E-state index contributed by atoms with van der Waals surface area (Å²) < 4.78 is 0.